The van der Waals surface area contributed by atoms with Gasteiger partial charge in [0.25, 0.3) is 5.91 Å². The Morgan fingerprint density at radius 2 is 2.04 bits per heavy atom. The minimum Gasteiger partial charge on any atom is -0.496 e. The van der Waals surface area contributed by atoms with E-state index in [2.05, 4.69) is 10.3 Å². The Kier molecular flexibility index (Phi) is 4.45. The topological polar surface area (TPSA) is 51.2 Å². The molecule has 0 aliphatic carbocycles. The predicted octanol–water partition coefficient (Wildman–Crippen LogP) is 4.75. The molecule has 118 valence electrons. The first-order chi connectivity index (χ1) is 11.1. The smallest absolute Gasteiger partial charge is 0.267 e. The van der Waals surface area contributed by atoms with E-state index in [0.29, 0.717) is 10.0 Å². The summed E-state index contributed by atoms with van der Waals surface area (Å²) < 4.78 is 5.40. The van der Waals surface area contributed by atoms with E-state index < -0.39 is 0 Å². The first-order valence-electron chi connectivity index (χ1n) is 7.05. The molecule has 0 radical (unpaired) electrons. The molecule has 0 bridgehead atoms. The van der Waals surface area contributed by atoms with Gasteiger partial charge in [-0.25, -0.2) is 4.98 Å². The number of amides is 1. The van der Waals surface area contributed by atoms with E-state index in [1.807, 2.05) is 49.6 Å². The largest absolute Gasteiger partial charge is 0.496 e. The van der Waals surface area contributed by atoms with Crippen LogP contribution in [-0.2, 0) is 0 Å². The molecule has 0 saturated carbocycles. The molecule has 3 rings (SSSR count). The predicted molar refractivity (Wildman–Crippen MR) is 95.8 cm³/mol. The zero-order valence-electron chi connectivity index (χ0n) is 13.0. The summed E-state index contributed by atoms with van der Waals surface area (Å²) in [5.41, 5.74) is 2.86. The molecule has 2 heterocycles. The molecule has 0 aliphatic rings. The molecule has 0 unspecified atom stereocenters. The van der Waals surface area contributed by atoms with Gasteiger partial charge in [-0.1, -0.05) is 11.6 Å². The lowest BCUT2D eigenvalue weighted by atomic mass is 10.1. The summed E-state index contributed by atoms with van der Waals surface area (Å²) in [4.78, 5) is 18.5. The normalized spacial score (nSPS) is 10.6. The molecule has 4 nitrogen and oxygen atoms in total. The maximum absolute atomic E-state index is 12.2. The summed E-state index contributed by atoms with van der Waals surface area (Å²) in [5, 5.41) is 5.36. The lowest BCUT2D eigenvalue weighted by molar-refractivity contribution is 0.103. The van der Waals surface area contributed by atoms with E-state index in [-0.39, 0.29) is 5.91 Å². The second-order valence-corrected chi connectivity index (χ2v) is 7.25. The zero-order chi connectivity index (χ0) is 16.4. The number of thiophene rings is 1. The number of hydrogen-bond donors (Lipinski definition) is 1. The Morgan fingerprint density at radius 3 is 2.74 bits per heavy atom. The highest BCUT2D eigenvalue weighted by atomic mass is 32.1. The Bertz CT molecular complexity index is 852. The van der Waals surface area contributed by atoms with E-state index in [1.165, 1.54) is 22.7 Å². The number of aryl methyl sites for hydroxylation is 2. The fraction of sp³-hybridized carbons (Fsp3) is 0.176. The van der Waals surface area contributed by atoms with Crippen molar-refractivity contribution in [3.8, 4) is 17.0 Å². The first-order valence-corrected chi connectivity index (χ1v) is 8.75. The summed E-state index contributed by atoms with van der Waals surface area (Å²) in [6.45, 7) is 4.00. The molecule has 23 heavy (non-hydrogen) atoms. The van der Waals surface area contributed by atoms with Crippen molar-refractivity contribution in [2.45, 2.75) is 13.8 Å². The van der Waals surface area contributed by atoms with Gasteiger partial charge in [-0.15, -0.1) is 22.7 Å². The number of anilines is 1. The van der Waals surface area contributed by atoms with Crippen LogP contribution in [0.2, 0.25) is 0 Å². The second kappa shape index (κ2) is 6.52. The maximum Gasteiger partial charge on any atom is 0.267 e. The molecule has 1 aromatic carbocycles. The second-order valence-electron chi connectivity index (χ2n) is 5.11. The molecule has 1 N–H and O–H groups in total. The monoisotopic (exact) mass is 344 g/mol. The number of nitrogens with zero attached hydrogens (tertiary/aromatic N) is 1. The SMILES string of the molecule is COc1ccc(C)cc1-c1csc(NC(=O)c2ccc(C)s2)n1. The van der Waals surface area contributed by atoms with E-state index in [4.69, 9.17) is 4.74 Å². The summed E-state index contributed by atoms with van der Waals surface area (Å²) >= 11 is 2.88. The highest BCUT2D eigenvalue weighted by Gasteiger charge is 2.13. The van der Waals surface area contributed by atoms with Gasteiger partial charge in [0.1, 0.15) is 5.75 Å². The van der Waals surface area contributed by atoms with Crippen molar-refractivity contribution in [1.29, 1.82) is 0 Å². The van der Waals surface area contributed by atoms with Gasteiger partial charge < -0.3 is 4.74 Å². The summed E-state index contributed by atoms with van der Waals surface area (Å²) in [6, 6.07) is 9.72. The van der Waals surface area contributed by atoms with Crippen molar-refractivity contribution in [2.75, 3.05) is 12.4 Å². The number of rotatable bonds is 4. The van der Waals surface area contributed by atoms with Gasteiger partial charge in [0.15, 0.2) is 5.13 Å². The highest BCUT2D eigenvalue weighted by molar-refractivity contribution is 7.15. The number of ether oxygens (including phenoxy) is 1. The van der Waals surface area contributed by atoms with Gasteiger partial charge in [0.2, 0.25) is 0 Å². The van der Waals surface area contributed by atoms with Gasteiger partial charge in [0, 0.05) is 15.8 Å². The van der Waals surface area contributed by atoms with Crippen molar-refractivity contribution in [1.82, 2.24) is 4.98 Å². The van der Waals surface area contributed by atoms with Crippen LogP contribution < -0.4 is 10.1 Å². The lowest BCUT2D eigenvalue weighted by Crippen LogP contribution is -2.09. The molecule has 0 atom stereocenters. The van der Waals surface area contributed by atoms with Crippen LogP contribution in [0, 0.1) is 13.8 Å². The number of carbonyl (C=O) groups excluding carboxylic acids is 1. The van der Waals surface area contributed by atoms with Crippen LogP contribution in [0.3, 0.4) is 0 Å². The van der Waals surface area contributed by atoms with Crippen molar-refractivity contribution in [2.24, 2.45) is 0 Å². The number of nitrogens with one attached hydrogen (secondary N) is 1. The average Bonchev–Trinajstić information content (AvgIpc) is 3.16. The Labute approximate surface area is 142 Å². The minimum absolute atomic E-state index is 0.125. The summed E-state index contributed by atoms with van der Waals surface area (Å²) in [6.07, 6.45) is 0. The van der Waals surface area contributed by atoms with Crippen molar-refractivity contribution < 1.29 is 9.53 Å². The van der Waals surface area contributed by atoms with E-state index in [9.17, 15) is 4.79 Å². The van der Waals surface area contributed by atoms with Crippen molar-refractivity contribution in [3.05, 3.63) is 51.0 Å². The zero-order valence-corrected chi connectivity index (χ0v) is 14.7. The van der Waals surface area contributed by atoms with Crippen LogP contribution in [0.1, 0.15) is 20.1 Å². The first kappa shape index (κ1) is 15.7. The van der Waals surface area contributed by atoms with Gasteiger partial charge in [-0.05, 0) is 38.1 Å². The quantitative estimate of drug-likeness (QED) is 0.743. The number of carbonyl (C=O) groups is 1. The molecule has 3 aromatic rings. The van der Waals surface area contributed by atoms with E-state index in [1.54, 1.807) is 7.11 Å². The fourth-order valence-corrected chi connectivity index (χ4v) is 3.66. The summed E-state index contributed by atoms with van der Waals surface area (Å²) in [5.74, 6) is 0.646. The Balaban J connectivity index is 1.83. The molecule has 6 heteroatoms. The molecule has 1 amide bonds. The number of hydrogen-bond acceptors (Lipinski definition) is 5. The van der Waals surface area contributed by atoms with Crippen molar-refractivity contribution >= 4 is 33.7 Å². The Morgan fingerprint density at radius 1 is 1.22 bits per heavy atom. The number of benzene rings is 1. The molecule has 0 spiro atoms. The van der Waals surface area contributed by atoms with Crippen LogP contribution in [0.5, 0.6) is 5.75 Å². The number of methoxy groups -OCH3 is 1. The van der Waals surface area contributed by atoms with Crippen LogP contribution in [0.25, 0.3) is 11.3 Å². The molecule has 2 aromatic heterocycles. The van der Waals surface area contributed by atoms with Crippen LogP contribution in [0.4, 0.5) is 5.13 Å². The minimum atomic E-state index is -0.125. The summed E-state index contributed by atoms with van der Waals surface area (Å²) in [7, 11) is 1.64. The third-order valence-electron chi connectivity index (χ3n) is 3.32. The number of aromatic nitrogens is 1. The molecule has 0 aliphatic heterocycles. The van der Waals surface area contributed by atoms with Crippen molar-refractivity contribution in [3.63, 3.8) is 0 Å². The van der Waals surface area contributed by atoms with Crippen LogP contribution in [0.15, 0.2) is 35.7 Å². The third kappa shape index (κ3) is 3.43. The van der Waals surface area contributed by atoms with E-state index >= 15 is 0 Å². The fourth-order valence-electron chi connectivity index (χ4n) is 2.19. The van der Waals surface area contributed by atoms with Gasteiger partial charge >= 0.3 is 0 Å². The molecular weight excluding hydrogens is 328 g/mol. The average molecular weight is 344 g/mol. The maximum atomic E-state index is 12.2. The van der Waals surface area contributed by atoms with Gasteiger partial charge in [-0.2, -0.15) is 0 Å². The third-order valence-corrected chi connectivity index (χ3v) is 5.08. The van der Waals surface area contributed by atoms with E-state index in [0.717, 1.165) is 27.4 Å². The number of thiazole rings is 1. The van der Waals surface area contributed by atoms with Crippen LogP contribution >= 0.6 is 22.7 Å². The highest BCUT2D eigenvalue weighted by Crippen LogP contribution is 2.33. The lowest BCUT2D eigenvalue weighted by Gasteiger charge is -2.07. The van der Waals surface area contributed by atoms with Crippen LogP contribution in [-0.4, -0.2) is 18.0 Å². The molecular formula is C17H16N2O2S2. The molecule has 0 fully saturated rings. The Hall–Kier alpha value is -2.18. The molecule has 0 saturated heterocycles. The van der Waals surface area contributed by atoms with Gasteiger partial charge in [0.05, 0.1) is 17.7 Å². The standard InChI is InChI=1S/C17H16N2O2S2/c1-10-4-6-14(21-3)12(8-10)13-9-22-17(18-13)19-16(20)15-7-5-11(2)23-15/h4-9H,1-3H3,(H,18,19,20). The van der Waals surface area contributed by atoms with Gasteiger partial charge in [-0.3, -0.25) is 10.1 Å².